The molecule has 0 radical (unpaired) electrons. The Labute approximate surface area is 136 Å². The molecular formula is C19H22O4. The van der Waals surface area contributed by atoms with Crippen LogP contribution in [0, 0.1) is 6.92 Å². The Bertz CT molecular complexity index is 634. The maximum Gasteiger partial charge on any atom is 0.306 e. The molecule has 122 valence electrons. The maximum atomic E-state index is 10.9. The molecule has 4 nitrogen and oxygen atoms in total. The van der Waals surface area contributed by atoms with Crippen molar-refractivity contribution in [2.45, 2.75) is 33.0 Å². The van der Waals surface area contributed by atoms with Crippen molar-refractivity contribution >= 4 is 5.97 Å². The van der Waals surface area contributed by atoms with Gasteiger partial charge >= 0.3 is 5.97 Å². The highest BCUT2D eigenvalue weighted by Crippen LogP contribution is 2.24. The summed E-state index contributed by atoms with van der Waals surface area (Å²) in [5, 5.41) is 8.96. The van der Waals surface area contributed by atoms with Crippen molar-refractivity contribution in [3.05, 3.63) is 65.2 Å². The minimum Gasteiger partial charge on any atom is -0.489 e. The van der Waals surface area contributed by atoms with Gasteiger partial charge in [0.25, 0.3) is 0 Å². The molecule has 0 aromatic heterocycles. The molecule has 0 amide bonds. The lowest BCUT2D eigenvalue weighted by Gasteiger charge is -2.16. The Morgan fingerprint density at radius 2 is 1.83 bits per heavy atom. The quantitative estimate of drug-likeness (QED) is 0.796. The van der Waals surface area contributed by atoms with E-state index in [-0.39, 0.29) is 6.42 Å². The molecule has 0 aliphatic rings. The Morgan fingerprint density at radius 1 is 1.13 bits per heavy atom. The lowest BCUT2D eigenvalue weighted by atomic mass is 10.1. The van der Waals surface area contributed by atoms with E-state index in [0.29, 0.717) is 13.2 Å². The number of carbonyl (C=O) groups is 1. The molecule has 0 spiro atoms. The second kappa shape index (κ2) is 8.34. The number of aliphatic carboxylic acids is 1. The molecule has 2 aromatic carbocycles. The molecule has 0 unspecified atom stereocenters. The molecular weight excluding hydrogens is 292 g/mol. The van der Waals surface area contributed by atoms with Crippen LogP contribution in [0.4, 0.5) is 0 Å². The van der Waals surface area contributed by atoms with E-state index in [0.717, 1.165) is 16.9 Å². The van der Waals surface area contributed by atoms with Crippen molar-refractivity contribution in [2.24, 2.45) is 0 Å². The summed E-state index contributed by atoms with van der Waals surface area (Å²) < 4.78 is 11.3. The molecule has 0 saturated heterocycles. The molecule has 0 aliphatic carbocycles. The average molecular weight is 314 g/mol. The van der Waals surface area contributed by atoms with Crippen molar-refractivity contribution in [1.82, 2.24) is 0 Å². The van der Waals surface area contributed by atoms with Crippen molar-refractivity contribution in [3.63, 3.8) is 0 Å². The summed E-state index contributed by atoms with van der Waals surface area (Å²) in [5.74, 6) is -0.120. The third-order valence-electron chi connectivity index (χ3n) is 3.64. The van der Waals surface area contributed by atoms with Crippen LogP contribution in [0.2, 0.25) is 0 Å². The number of rotatable bonds is 8. The Kier molecular flexibility index (Phi) is 6.18. The fourth-order valence-corrected chi connectivity index (χ4v) is 2.34. The SMILES string of the molecule is CCO[C@@H](CC(=O)O)c1ccc(OCc2ccccc2C)cc1. The largest absolute Gasteiger partial charge is 0.489 e. The third kappa shape index (κ3) is 5.11. The number of ether oxygens (including phenoxy) is 2. The average Bonchev–Trinajstić information content (AvgIpc) is 2.54. The number of hydrogen-bond acceptors (Lipinski definition) is 3. The molecule has 4 heteroatoms. The van der Waals surface area contributed by atoms with Gasteiger partial charge in [0.15, 0.2) is 0 Å². The Hall–Kier alpha value is -2.33. The number of benzene rings is 2. The molecule has 2 aromatic rings. The molecule has 0 aliphatic heterocycles. The van der Waals surface area contributed by atoms with Crippen LogP contribution >= 0.6 is 0 Å². The first kappa shape index (κ1) is 17.0. The van der Waals surface area contributed by atoms with Crippen LogP contribution in [0.25, 0.3) is 0 Å². The zero-order chi connectivity index (χ0) is 16.7. The second-order valence-electron chi connectivity index (χ2n) is 5.33. The normalized spacial score (nSPS) is 11.9. The van der Waals surface area contributed by atoms with Crippen LogP contribution in [0.3, 0.4) is 0 Å². The van der Waals surface area contributed by atoms with Crippen LogP contribution < -0.4 is 4.74 Å². The minimum atomic E-state index is -0.872. The smallest absolute Gasteiger partial charge is 0.306 e. The van der Waals surface area contributed by atoms with Crippen LogP contribution in [0.1, 0.15) is 36.1 Å². The summed E-state index contributed by atoms with van der Waals surface area (Å²) in [5.41, 5.74) is 3.19. The number of hydrogen-bond donors (Lipinski definition) is 1. The van der Waals surface area contributed by atoms with Crippen LogP contribution in [0.5, 0.6) is 5.75 Å². The van der Waals surface area contributed by atoms with Crippen LogP contribution in [-0.4, -0.2) is 17.7 Å². The first-order valence-electron chi connectivity index (χ1n) is 7.70. The third-order valence-corrected chi connectivity index (χ3v) is 3.64. The minimum absolute atomic E-state index is 0.0444. The molecule has 0 saturated carbocycles. The molecule has 1 N–H and O–H groups in total. The molecule has 23 heavy (non-hydrogen) atoms. The lowest BCUT2D eigenvalue weighted by molar-refractivity contribution is -0.140. The summed E-state index contributed by atoms with van der Waals surface area (Å²) in [6.07, 6.45) is -0.472. The van der Waals surface area contributed by atoms with Crippen LogP contribution in [0.15, 0.2) is 48.5 Å². The zero-order valence-electron chi connectivity index (χ0n) is 13.5. The first-order chi connectivity index (χ1) is 11.1. The van der Waals surface area contributed by atoms with E-state index in [1.165, 1.54) is 5.56 Å². The fourth-order valence-electron chi connectivity index (χ4n) is 2.34. The van der Waals surface area contributed by atoms with E-state index in [2.05, 4.69) is 13.0 Å². The summed E-state index contributed by atoms with van der Waals surface area (Å²) in [4.78, 5) is 10.9. The van der Waals surface area contributed by atoms with Gasteiger partial charge in [-0.25, -0.2) is 0 Å². The monoisotopic (exact) mass is 314 g/mol. The van der Waals surface area contributed by atoms with Gasteiger partial charge in [-0.05, 0) is 42.7 Å². The van der Waals surface area contributed by atoms with Gasteiger partial charge in [-0.1, -0.05) is 36.4 Å². The molecule has 2 rings (SSSR count). The number of aryl methyl sites for hydroxylation is 1. The molecule has 0 heterocycles. The van der Waals surface area contributed by atoms with Gasteiger partial charge in [0.2, 0.25) is 0 Å². The summed E-state index contributed by atoms with van der Waals surface area (Å²) >= 11 is 0. The highest BCUT2D eigenvalue weighted by molar-refractivity contribution is 5.67. The van der Waals surface area contributed by atoms with Gasteiger partial charge in [0, 0.05) is 6.61 Å². The number of carboxylic acid groups (broad SMARTS) is 1. The van der Waals surface area contributed by atoms with Gasteiger partial charge in [-0.3, -0.25) is 4.79 Å². The predicted octanol–water partition coefficient (Wildman–Crippen LogP) is 4.13. The van der Waals surface area contributed by atoms with E-state index >= 15 is 0 Å². The van der Waals surface area contributed by atoms with E-state index in [1.54, 1.807) is 0 Å². The van der Waals surface area contributed by atoms with Crippen molar-refractivity contribution < 1.29 is 19.4 Å². The van der Waals surface area contributed by atoms with Crippen molar-refractivity contribution in [1.29, 1.82) is 0 Å². The standard InChI is InChI=1S/C19H22O4/c1-3-22-18(12-19(20)21)15-8-10-17(11-9-15)23-13-16-7-5-4-6-14(16)2/h4-11,18H,3,12-13H2,1-2H3,(H,20,21)/t18-/m0/s1. The predicted molar refractivity (Wildman–Crippen MR) is 88.6 cm³/mol. The zero-order valence-corrected chi connectivity index (χ0v) is 13.5. The van der Waals surface area contributed by atoms with E-state index in [1.807, 2.05) is 49.4 Å². The topological polar surface area (TPSA) is 55.8 Å². The second-order valence-corrected chi connectivity index (χ2v) is 5.33. The van der Waals surface area contributed by atoms with Gasteiger partial charge in [-0.15, -0.1) is 0 Å². The first-order valence-corrected chi connectivity index (χ1v) is 7.70. The molecule has 1 atom stereocenters. The van der Waals surface area contributed by atoms with Gasteiger partial charge in [0.1, 0.15) is 12.4 Å². The highest BCUT2D eigenvalue weighted by Gasteiger charge is 2.15. The summed E-state index contributed by atoms with van der Waals surface area (Å²) in [6.45, 7) is 4.90. The van der Waals surface area contributed by atoms with Gasteiger partial charge < -0.3 is 14.6 Å². The Morgan fingerprint density at radius 3 is 2.43 bits per heavy atom. The molecule has 0 bridgehead atoms. The van der Waals surface area contributed by atoms with Crippen molar-refractivity contribution in [2.75, 3.05) is 6.61 Å². The fraction of sp³-hybridized carbons (Fsp3) is 0.316. The number of carboxylic acids is 1. The maximum absolute atomic E-state index is 10.9. The highest BCUT2D eigenvalue weighted by atomic mass is 16.5. The van der Waals surface area contributed by atoms with E-state index in [4.69, 9.17) is 14.6 Å². The van der Waals surface area contributed by atoms with Gasteiger partial charge in [-0.2, -0.15) is 0 Å². The van der Waals surface area contributed by atoms with Gasteiger partial charge in [0.05, 0.1) is 12.5 Å². The van der Waals surface area contributed by atoms with E-state index in [9.17, 15) is 4.79 Å². The lowest BCUT2D eigenvalue weighted by Crippen LogP contribution is -2.10. The molecule has 0 fully saturated rings. The summed E-state index contributed by atoms with van der Waals surface area (Å²) in [6, 6.07) is 15.5. The van der Waals surface area contributed by atoms with Crippen LogP contribution in [-0.2, 0) is 16.1 Å². The Balaban J connectivity index is 2.00. The summed E-state index contributed by atoms with van der Waals surface area (Å²) in [7, 11) is 0. The van der Waals surface area contributed by atoms with E-state index < -0.39 is 12.1 Å². The van der Waals surface area contributed by atoms with Crippen molar-refractivity contribution in [3.8, 4) is 5.75 Å².